The van der Waals surface area contributed by atoms with Gasteiger partial charge in [-0.15, -0.1) is 12.4 Å². The summed E-state index contributed by atoms with van der Waals surface area (Å²) in [4.78, 5) is 10.4. The summed E-state index contributed by atoms with van der Waals surface area (Å²) in [7, 11) is 2.05. The molecule has 25 heavy (non-hydrogen) atoms. The quantitative estimate of drug-likeness (QED) is 0.630. The molecular formula is C20H25ClFN3. The summed E-state index contributed by atoms with van der Waals surface area (Å²) >= 11 is 0. The van der Waals surface area contributed by atoms with Crippen molar-refractivity contribution in [3.8, 4) is 0 Å². The Bertz CT molecular complexity index is 842. The molecule has 0 spiro atoms. The third-order valence-electron chi connectivity index (χ3n) is 4.84. The van der Waals surface area contributed by atoms with Gasteiger partial charge in [-0.2, -0.15) is 0 Å². The van der Waals surface area contributed by atoms with Gasteiger partial charge in [-0.3, -0.25) is 4.98 Å². The Balaban J connectivity index is 0.00000225. The summed E-state index contributed by atoms with van der Waals surface area (Å²) < 4.78 is 13.2. The van der Waals surface area contributed by atoms with E-state index in [1.54, 1.807) is 0 Å². The third-order valence-corrected chi connectivity index (χ3v) is 4.84. The molecule has 5 heteroatoms. The molecule has 134 valence electrons. The van der Waals surface area contributed by atoms with E-state index in [0.29, 0.717) is 0 Å². The number of aromatic amines is 1. The van der Waals surface area contributed by atoms with Gasteiger partial charge in [-0.25, -0.2) is 4.39 Å². The SMILES string of the molecule is CCCC(c1nccc2c(C)c(C)[nH]c12)N(C)c1ccc(F)cc1.Cl. The normalized spacial score (nSPS) is 12.0. The van der Waals surface area contributed by atoms with Crippen LogP contribution in [0.25, 0.3) is 10.9 Å². The molecule has 0 aliphatic rings. The molecule has 0 amide bonds. The Labute approximate surface area is 154 Å². The van der Waals surface area contributed by atoms with Crippen molar-refractivity contribution in [2.75, 3.05) is 11.9 Å². The molecule has 0 aliphatic carbocycles. The highest BCUT2D eigenvalue weighted by molar-refractivity contribution is 5.86. The average molecular weight is 362 g/mol. The van der Waals surface area contributed by atoms with Crippen molar-refractivity contribution >= 4 is 29.0 Å². The number of aromatic nitrogens is 2. The molecule has 1 N–H and O–H groups in total. The Morgan fingerprint density at radius 2 is 1.84 bits per heavy atom. The van der Waals surface area contributed by atoms with E-state index in [-0.39, 0.29) is 24.3 Å². The fraction of sp³-hybridized carbons (Fsp3) is 0.350. The first-order valence-electron chi connectivity index (χ1n) is 8.45. The van der Waals surface area contributed by atoms with Gasteiger partial charge in [0.15, 0.2) is 0 Å². The van der Waals surface area contributed by atoms with Crippen LogP contribution in [0.1, 0.15) is 42.8 Å². The van der Waals surface area contributed by atoms with Crippen LogP contribution >= 0.6 is 12.4 Å². The first-order valence-corrected chi connectivity index (χ1v) is 8.45. The van der Waals surface area contributed by atoms with Crippen molar-refractivity contribution in [3.63, 3.8) is 0 Å². The van der Waals surface area contributed by atoms with Crippen molar-refractivity contribution in [1.29, 1.82) is 0 Å². The van der Waals surface area contributed by atoms with Crippen LogP contribution in [0.15, 0.2) is 36.5 Å². The van der Waals surface area contributed by atoms with Crippen molar-refractivity contribution in [2.45, 2.75) is 39.7 Å². The number of halogens is 2. The summed E-state index contributed by atoms with van der Waals surface area (Å²) in [6.45, 7) is 6.41. The molecule has 2 heterocycles. The summed E-state index contributed by atoms with van der Waals surface area (Å²) in [6.07, 6.45) is 3.92. The van der Waals surface area contributed by atoms with E-state index in [1.807, 2.05) is 18.3 Å². The number of aryl methyl sites for hydroxylation is 2. The molecule has 0 radical (unpaired) electrons. The Morgan fingerprint density at radius 3 is 2.48 bits per heavy atom. The zero-order valence-electron chi connectivity index (χ0n) is 15.1. The van der Waals surface area contributed by atoms with Crippen molar-refractivity contribution in [3.05, 3.63) is 59.3 Å². The number of anilines is 1. The van der Waals surface area contributed by atoms with Gasteiger partial charge in [0.25, 0.3) is 0 Å². The second kappa shape index (κ2) is 7.87. The largest absolute Gasteiger partial charge is 0.366 e. The minimum absolute atomic E-state index is 0. The minimum atomic E-state index is -0.213. The van der Waals surface area contributed by atoms with Gasteiger partial charge in [0, 0.05) is 30.0 Å². The van der Waals surface area contributed by atoms with Crippen molar-refractivity contribution < 1.29 is 4.39 Å². The van der Waals surface area contributed by atoms with Crippen LogP contribution in [-0.2, 0) is 0 Å². The molecule has 1 aromatic carbocycles. The highest BCUT2D eigenvalue weighted by Gasteiger charge is 2.22. The van der Waals surface area contributed by atoms with Crippen LogP contribution in [0.4, 0.5) is 10.1 Å². The maximum atomic E-state index is 13.2. The lowest BCUT2D eigenvalue weighted by Gasteiger charge is -2.30. The number of benzene rings is 1. The maximum Gasteiger partial charge on any atom is 0.123 e. The van der Waals surface area contributed by atoms with E-state index in [2.05, 4.69) is 43.8 Å². The number of nitrogens with one attached hydrogen (secondary N) is 1. The van der Waals surface area contributed by atoms with Crippen LogP contribution in [0.3, 0.4) is 0 Å². The van der Waals surface area contributed by atoms with Gasteiger partial charge >= 0.3 is 0 Å². The first kappa shape index (κ1) is 19.3. The molecule has 3 nitrogen and oxygen atoms in total. The summed E-state index contributed by atoms with van der Waals surface area (Å²) in [5.41, 5.74) is 5.61. The van der Waals surface area contributed by atoms with E-state index in [9.17, 15) is 4.39 Å². The van der Waals surface area contributed by atoms with Gasteiger partial charge in [-0.1, -0.05) is 13.3 Å². The van der Waals surface area contributed by atoms with Crippen molar-refractivity contribution in [2.24, 2.45) is 0 Å². The average Bonchev–Trinajstić information content (AvgIpc) is 2.88. The van der Waals surface area contributed by atoms with Crippen LogP contribution in [0, 0.1) is 19.7 Å². The van der Waals surface area contributed by atoms with Crippen LogP contribution in [0.2, 0.25) is 0 Å². The highest BCUT2D eigenvalue weighted by atomic mass is 35.5. The number of pyridine rings is 1. The molecule has 0 saturated heterocycles. The van der Waals surface area contributed by atoms with Gasteiger partial charge in [0.05, 0.1) is 17.3 Å². The molecule has 0 aliphatic heterocycles. The topological polar surface area (TPSA) is 31.9 Å². The fourth-order valence-corrected chi connectivity index (χ4v) is 3.30. The number of fused-ring (bicyclic) bond motifs is 1. The predicted molar refractivity (Wildman–Crippen MR) is 105 cm³/mol. The van der Waals surface area contributed by atoms with Crippen LogP contribution in [0.5, 0.6) is 0 Å². The zero-order valence-corrected chi connectivity index (χ0v) is 16.0. The number of rotatable bonds is 5. The lowest BCUT2D eigenvalue weighted by atomic mass is 10.0. The van der Waals surface area contributed by atoms with Gasteiger partial charge < -0.3 is 9.88 Å². The summed E-state index contributed by atoms with van der Waals surface area (Å²) in [5.74, 6) is -0.213. The van der Waals surface area contributed by atoms with E-state index < -0.39 is 0 Å². The maximum absolute atomic E-state index is 13.2. The molecule has 0 saturated carbocycles. The number of hydrogen-bond donors (Lipinski definition) is 1. The number of nitrogens with zero attached hydrogens (tertiary/aromatic N) is 2. The van der Waals surface area contributed by atoms with Gasteiger partial charge in [0.1, 0.15) is 5.82 Å². The Kier molecular flexibility index (Phi) is 6.07. The minimum Gasteiger partial charge on any atom is -0.366 e. The van der Waals surface area contributed by atoms with Crippen LogP contribution < -0.4 is 4.90 Å². The van der Waals surface area contributed by atoms with E-state index >= 15 is 0 Å². The van der Waals surface area contributed by atoms with Crippen molar-refractivity contribution in [1.82, 2.24) is 9.97 Å². The lowest BCUT2D eigenvalue weighted by molar-refractivity contribution is 0.589. The fourth-order valence-electron chi connectivity index (χ4n) is 3.30. The van der Waals surface area contributed by atoms with E-state index in [1.165, 1.54) is 28.8 Å². The lowest BCUT2D eigenvalue weighted by Crippen LogP contribution is -2.25. The molecule has 1 unspecified atom stereocenters. The third kappa shape index (κ3) is 3.64. The Morgan fingerprint density at radius 1 is 1.16 bits per heavy atom. The van der Waals surface area contributed by atoms with E-state index in [4.69, 9.17) is 4.98 Å². The molecule has 3 aromatic rings. The predicted octanol–water partition coefficient (Wildman–Crippen LogP) is 5.72. The first-order chi connectivity index (χ1) is 11.5. The number of hydrogen-bond acceptors (Lipinski definition) is 2. The van der Waals surface area contributed by atoms with Crippen LogP contribution in [-0.4, -0.2) is 17.0 Å². The molecule has 1 atom stereocenters. The summed E-state index contributed by atoms with van der Waals surface area (Å²) in [6, 6.07) is 8.87. The molecule has 3 rings (SSSR count). The van der Waals surface area contributed by atoms with Gasteiger partial charge in [0.2, 0.25) is 0 Å². The van der Waals surface area contributed by atoms with E-state index in [0.717, 1.165) is 29.7 Å². The summed E-state index contributed by atoms with van der Waals surface area (Å²) in [5, 5.41) is 1.23. The molecule has 0 fully saturated rings. The second-order valence-electron chi connectivity index (χ2n) is 6.39. The molecular weight excluding hydrogens is 337 g/mol. The monoisotopic (exact) mass is 361 g/mol. The molecule has 0 bridgehead atoms. The van der Waals surface area contributed by atoms with Gasteiger partial charge in [-0.05, 0) is 56.2 Å². The second-order valence-corrected chi connectivity index (χ2v) is 6.39. The number of H-pyrrole nitrogens is 1. The Hall–Kier alpha value is -2.07. The smallest absolute Gasteiger partial charge is 0.123 e. The molecule has 2 aromatic heterocycles. The standard InChI is InChI=1S/C20H24FN3.ClH/c1-5-6-18(24(4)16-9-7-15(21)8-10-16)20-19-17(11-12-22-20)13(2)14(3)23-19;/h7-12,18,23H,5-6H2,1-4H3;1H. The zero-order chi connectivity index (χ0) is 17.3. The highest BCUT2D eigenvalue weighted by Crippen LogP contribution is 2.33.